The Morgan fingerprint density at radius 2 is 2.00 bits per heavy atom. The lowest BCUT2D eigenvalue weighted by Gasteiger charge is -2.39. The summed E-state index contributed by atoms with van der Waals surface area (Å²) < 4.78 is 1.81. The molecule has 0 spiro atoms. The van der Waals surface area contributed by atoms with Crippen molar-refractivity contribution in [3.05, 3.63) is 42.9 Å². The highest BCUT2D eigenvalue weighted by atomic mass is 16.4. The third-order valence-electron chi connectivity index (χ3n) is 5.64. The molecule has 1 aliphatic rings. The molecule has 7 nitrogen and oxygen atoms in total. The van der Waals surface area contributed by atoms with Gasteiger partial charge in [0.15, 0.2) is 5.65 Å². The number of piperidine rings is 1. The molecular weight excluding hydrogens is 342 g/mol. The molecule has 7 heteroatoms. The minimum atomic E-state index is -0.765. The number of para-hydroxylation sites is 1. The molecule has 1 saturated heterocycles. The van der Waals surface area contributed by atoms with Crippen LogP contribution in [0.25, 0.3) is 16.7 Å². The number of aliphatic carboxylic acids is 1. The molecule has 3 aromatic rings. The number of carboxylic acid groups (broad SMARTS) is 1. The molecular formula is C20H23N5O2. The normalized spacial score (nSPS) is 18.0. The average Bonchev–Trinajstić information content (AvgIpc) is 3.13. The van der Waals surface area contributed by atoms with Gasteiger partial charge < -0.3 is 10.0 Å². The molecule has 0 saturated carbocycles. The summed E-state index contributed by atoms with van der Waals surface area (Å²) in [6, 6.07) is 9.87. The van der Waals surface area contributed by atoms with Crippen LogP contribution in [-0.2, 0) is 4.79 Å². The summed E-state index contributed by atoms with van der Waals surface area (Å²) in [4.78, 5) is 22.8. The first kappa shape index (κ1) is 17.5. The molecule has 0 aliphatic carbocycles. The van der Waals surface area contributed by atoms with Crippen LogP contribution in [0.5, 0.6) is 0 Å². The molecule has 1 fully saturated rings. The van der Waals surface area contributed by atoms with E-state index in [0.717, 1.165) is 41.9 Å². The van der Waals surface area contributed by atoms with Crippen molar-refractivity contribution in [3.63, 3.8) is 0 Å². The molecule has 0 amide bonds. The van der Waals surface area contributed by atoms with Crippen LogP contribution in [0.1, 0.15) is 26.7 Å². The zero-order valence-electron chi connectivity index (χ0n) is 15.5. The first-order chi connectivity index (χ1) is 13.0. The maximum atomic E-state index is 11.7. The highest BCUT2D eigenvalue weighted by Crippen LogP contribution is 2.36. The molecule has 0 bridgehead atoms. The summed E-state index contributed by atoms with van der Waals surface area (Å²) in [7, 11) is 0. The van der Waals surface area contributed by atoms with E-state index in [2.05, 4.69) is 20.0 Å². The monoisotopic (exact) mass is 365 g/mol. The molecule has 1 N–H and O–H groups in total. The van der Waals surface area contributed by atoms with Crippen molar-refractivity contribution in [1.29, 1.82) is 0 Å². The quantitative estimate of drug-likeness (QED) is 0.765. The number of carbonyl (C=O) groups is 1. The summed E-state index contributed by atoms with van der Waals surface area (Å²) in [5.41, 5.74) is 0.936. The summed E-state index contributed by atoms with van der Waals surface area (Å²) >= 11 is 0. The number of fused-ring (bicyclic) bond motifs is 1. The van der Waals surface area contributed by atoms with Gasteiger partial charge in [0, 0.05) is 13.1 Å². The maximum Gasteiger partial charge on any atom is 0.309 e. The Labute approximate surface area is 157 Å². The molecule has 0 radical (unpaired) electrons. The fourth-order valence-corrected chi connectivity index (χ4v) is 3.78. The number of carboxylic acids is 1. The summed E-state index contributed by atoms with van der Waals surface area (Å²) in [5.74, 6) is 0.144. The van der Waals surface area contributed by atoms with Crippen molar-refractivity contribution in [2.45, 2.75) is 26.7 Å². The number of nitrogens with zero attached hydrogens (tertiary/aromatic N) is 5. The Morgan fingerprint density at radius 3 is 2.74 bits per heavy atom. The zero-order valence-corrected chi connectivity index (χ0v) is 15.5. The number of benzene rings is 1. The topological polar surface area (TPSA) is 84.1 Å². The predicted molar refractivity (Wildman–Crippen MR) is 103 cm³/mol. The van der Waals surface area contributed by atoms with Crippen molar-refractivity contribution in [2.75, 3.05) is 18.0 Å². The van der Waals surface area contributed by atoms with E-state index in [-0.39, 0.29) is 5.92 Å². The zero-order chi connectivity index (χ0) is 19.0. The number of anilines is 1. The Balaban J connectivity index is 1.70. The van der Waals surface area contributed by atoms with Crippen LogP contribution < -0.4 is 4.90 Å². The standard InChI is InChI=1S/C20H23N5O2/c1-20(2,19(26)27)14-7-6-10-24(12-14)17-16-11-23-25(18(16)22-13-21-17)15-8-4-3-5-9-15/h3-5,8-9,11,13-14H,6-7,10,12H2,1-2H3,(H,26,27). The van der Waals surface area contributed by atoms with Gasteiger partial charge in [-0.25, -0.2) is 14.6 Å². The van der Waals surface area contributed by atoms with E-state index >= 15 is 0 Å². The van der Waals surface area contributed by atoms with Gasteiger partial charge in [-0.15, -0.1) is 0 Å². The molecule has 1 atom stereocenters. The Bertz CT molecular complexity index is 967. The van der Waals surface area contributed by atoms with E-state index in [1.54, 1.807) is 12.5 Å². The SMILES string of the molecule is CC(C)(C(=O)O)C1CCCN(c2ncnc3c2cnn3-c2ccccc2)C1. The van der Waals surface area contributed by atoms with Crippen LogP contribution in [0, 0.1) is 11.3 Å². The summed E-state index contributed by atoms with van der Waals surface area (Å²) in [5, 5.41) is 15.0. The van der Waals surface area contributed by atoms with Gasteiger partial charge in [0.05, 0.1) is 22.7 Å². The molecule has 4 rings (SSSR count). The van der Waals surface area contributed by atoms with Gasteiger partial charge in [-0.05, 0) is 44.7 Å². The Morgan fingerprint density at radius 1 is 1.22 bits per heavy atom. The van der Waals surface area contributed by atoms with E-state index in [4.69, 9.17) is 0 Å². The highest BCUT2D eigenvalue weighted by molar-refractivity contribution is 5.87. The first-order valence-corrected chi connectivity index (χ1v) is 9.21. The van der Waals surface area contributed by atoms with Crippen LogP contribution in [0.15, 0.2) is 42.9 Å². The third kappa shape index (κ3) is 3.03. The smallest absolute Gasteiger partial charge is 0.309 e. The summed E-state index contributed by atoms with van der Waals surface area (Å²) in [6.07, 6.45) is 5.21. The van der Waals surface area contributed by atoms with Gasteiger partial charge in [0.25, 0.3) is 0 Å². The van der Waals surface area contributed by atoms with Gasteiger partial charge in [-0.1, -0.05) is 18.2 Å². The van der Waals surface area contributed by atoms with Crippen molar-refractivity contribution in [2.24, 2.45) is 11.3 Å². The van der Waals surface area contributed by atoms with E-state index in [1.165, 1.54) is 0 Å². The van der Waals surface area contributed by atoms with Gasteiger partial charge in [-0.2, -0.15) is 5.10 Å². The lowest BCUT2D eigenvalue weighted by Crippen LogP contribution is -2.45. The molecule has 1 unspecified atom stereocenters. The fourth-order valence-electron chi connectivity index (χ4n) is 3.78. The highest BCUT2D eigenvalue weighted by Gasteiger charge is 2.39. The van der Waals surface area contributed by atoms with E-state index < -0.39 is 11.4 Å². The minimum Gasteiger partial charge on any atom is -0.481 e. The van der Waals surface area contributed by atoms with Crippen molar-refractivity contribution in [1.82, 2.24) is 19.7 Å². The number of aromatic nitrogens is 4. The predicted octanol–water partition coefficient (Wildman–Crippen LogP) is 3.14. The van der Waals surface area contributed by atoms with Crippen molar-refractivity contribution in [3.8, 4) is 5.69 Å². The average molecular weight is 365 g/mol. The second-order valence-corrected chi connectivity index (χ2v) is 7.64. The largest absolute Gasteiger partial charge is 0.481 e. The van der Waals surface area contributed by atoms with Gasteiger partial charge >= 0.3 is 5.97 Å². The lowest BCUT2D eigenvalue weighted by atomic mass is 9.74. The van der Waals surface area contributed by atoms with Gasteiger partial charge in [0.2, 0.25) is 0 Å². The molecule has 140 valence electrons. The Hall–Kier alpha value is -2.96. The molecule has 1 aromatic carbocycles. The number of hydrogen-bond acceptors (Lipinski definition) is 5. The molecule has 27 heavy (non-hydrogen) atoms. The third-order valence-corrected chi connectivity index (χ3v) is 5.64. The van der Waals surface area contributed by atoms with Crippen molar-refractivity contribution < 1.29 is 9.90 Å². The summed E-state index contributed by atoms with van der Waals surface area (Å²) in [6.45, 7) is 5.15. The van der Waals surface area contributed by atoms with E-state index in [9.17, 15) is 9.90 Å². The van der Waals surface area contributed by atoms with Crippen LogP contribution in [0.4, 0.5) is 5.82 Å². The van der Waals surface area contributed by atoms with Crippen LogP contribution in [0.2, 0.25) is 0 Å². The van der Waals surface area contributed by atoms with Gasteiger partial charge in [-0.3, -0.25) is 4.79 Å². The van der Waals surface area contributed by atoms with Crippen LogP contribution in [-0.4, -0.2) is 43.9 Å². The Kier molecular flexibility index (Phi) is 4.30. The fraction of sp³-hybridized carbons (Fsp3) is 0.400. The van der Waals surface area contributed by atoms with E-state index in [0.29, 0.717) is 6.54 Å². The number of hydrogen-bond donors (Lipinski definition) is 1. The molecule has 1 aliphatic heterocycles. The first-order valence-electron chi connectivity index (χ1n) is 9.21. The van der Waals surface area contributed by atoms with E-state index in [1.807, 2.05) is 48.9 Å². The second kappa shape index (κ2) is 6.64. The minimum absolute atomic E-state index is 0.0675. The number of rotatable bonds is 4. The molecule has 3 heterocycles. The van der Waals surface area contributed by atoms with Crippen molar-refractivity contribution >= 4 is 22.8 Å². The lowest BCUT2D eigenvalue weighted by molar-refractivity contribution is -0.150. The van der Waals surface area contributed by atoms with Gasteiger partial charge in [0.1, 0.15) is 12.1 Å². The van der Waals surface area contributed by atoms with Crippen LogP contribution in [0.3, 0.4) is 0 Å². The maximum absolute atomic E-state index is 11.7. The van der Waals surface area contributed by atoms with Crippen LogP contribution >= 0.6 is 0 Å². The second-order valence-electron chi connectivity index (χ2n) is 7.64. The molecule has 2 aromatic heterocycles.